The van der Waals surface area contributed by atoms with Gasteiger partial charge >= 0.3 is 11.7 Å². The normalized spacial score (nSPS) is 11.0. The van der Waals surface area contributed by atoms with E-state index in [1.165, 1.54) is 12.1 Å². The van der Waals surface area contributed by atoms with Crippen molar-refractivity contribution in [3.8, 4) is 11.5 Å². The molecule has 0 radical (unpaired) electrons. The van der Waals surface area contributed by atoms with Crippen LogP contribution in [-0.2, 0) is 20.9 Å². The van der Waals surface area contributed by atoms with E-state index in [4.69, 9.17) is 21.1 Å². The Hall–Kier alpha value is -3.68. The second kappa shape index (κ2) is 12.7. The fourth-order valence-electron chi connectivity index (χ4n) is 2.41. The molecule has 0 fully saturated rings. The number of ether oxygens (including phenoxy) is 2. The number of carbonyl (C=O) groups excluding carboxylic acids is 3. The Kier molecular flexibility index (Phi) is 9.99. The first kappa shape index (κ1) is 27.6. The number of hydrogen-bond acceptors (Lipinski definition) is 7. The van der Waals surface area contributed by atoms with E-state index in [-0.39, 0.29) is 28.4 Å². The summed E-state index contributed by atoms with van der Waals surface area (Å²) in [6.45, 7) is -3.24. The van der Waals surface area contributed by atoms with Gasteiger partial charge in [-0.1, -0.05) is 11.6 Å². The Bertz CT molecular complexity index is 1130. The second-order valence-electron chi connectivity index (χ2n) is 6.84. The van der Waals surface area contributed by atoms with E-state index in [0.717, 1.165) is 18.3 Å². The van der Waals surface area contributed by atoms with Crippen molar-refractivity contribution >= 4 is 29.2 Å². The van der Waals surface area contributed by atoms with Crippen molar-refractivity contribution in [3.05, 3.63) is 51.7 Å². The number of amides is 2. The average molecular weight is 523 g/mol. The highest BCUT2D eigenvalue weighted by Gasteiger charge is 2.29. The highest BCUT2D eigenvalue weighted by molar-refractivity contribution is 6.30. The van der Waals surface area contributed by atoms with Gasteiger partial charge in [0.25, 0.3) is 11.8 Å². The van der Waals surface area contributed by atoms with Crippen LogP contribution in [0.5, 0.6) is 11.5 Å². The molecule has 2 N–H and O–H groups in total. The maximum Gasteiger partial charge on any atom is 0.408 e. The minimum absolute atomic E-state index is 0.0574. The first-order valence-corrected chi connectivity index (χ1v) is 10.2. The number of nitrogens with one attached hydrogen (secondary N) is 2. The molecule has 2 aromatic rings. The first-order chi connectivity index (χ1) is 16.4. The number of ketones is 1. The van der Waals surface area contributed by atoms with Crippen molar-refractivity contribution in [2.45, 2.75) is 19.1 Å². The van der Waals surface area contributed by atoms with E-state index in [9.17, 15) is 36.7 Å². The van der Waals surface area contributed by atoms with Crippen molar-refractivity contribution in [2.24, 2.45) is 0 Å². The summed E-state index contributed by atoms with van der Waals surface area (Å²) in [5.74, 6) is -2.95. The van der Waals surface area contributed by atoms with E-state index in [2.05, 4.69) is 15.7 Å². The van der Waals surface area contributed by atoms with Crippen LogP contribution in [0, 0.1) is 5.82 Å². The molecule has 0 aliphatic carbocycles. The number of benzene rings is 1. The zero-order valence-electron chi connectivity index (χ0n) is 17.9. The molecule has 0 unspecified atom stereocenters. The van der Waals surface area contributed by atoms with Gasteiger partial charge in [-0.25, -0.2) is 9.07 Å². The summed E-state index contributed by atoms with van der Waals surface area (Å²) in [6.07, 6.45) is -3.89. The fourth-order valence-corrected chi connectivity index (χ4v) is 2.53. The Labute approximate surface area is 200 Å². The molecule has 0 bridgehead atoms. The lowest BCUT2D eigenvalue weighted by molar-refractivity contribution is -0.143. The summed E-state index contributed by atoms with van der Waals surface area (Å²) < 4.78 is 60.7. The van der Waals surface area contributed by atoms with Crippen LogP contribution in [0.2, 0.25) is 5.02 Å². The predicted octanol–water partition coefficient (Wildman–Crippen LogP) is 1.25. The summed E-state index contributed by atoms with van der Waals surface area (Å²) in [4.78, 5) is 47.2. The Morgan fingerprint density at radius 3 is 2.43 bits per heavy atom. The molecule has 1 aromatic heterocycles. The molecule has 0 atom stereocenters. The van der Waals surface area contributed by atoms with Crippen LogP contribution in [0.25, 0.3) is 0 Å². The van der Waals surface area contributed by atoms with Crippen molar-refractivity contribution in [3.63, 3.8) is 0 Å². The molecule has 2 amide bonds. The number of rotatable bonds is 12. The summed E-state index contributed by atoms with van der Waals surface area (Å²) in [6, 6.07) is 4.66. The molecule has 0 saturated heterocycles. The largest absolute Gasteiger partial charge is 0.484 e. The molecular weight excluding hydrogens is 504 g/mol. The van der Waals surface area contributed by atoms with Crippen LogP contribution in [0.4, 0.5) is 17.6 Å². The zero-order chi connectivity index (χ0) is 26.0. The van der Waals surface area contributed by atoms with Gasteiger partial charge in [0.1, 0.15) is 18.1 Å². The second-order valence-corrected chi connectivity index (χ2v) is 7.25. The highest BCUT2D eigenvalue weighted by atomic mass is 35.5. The van der Waals surface area contributed by atoms with Crippen LogP contribution >= 0.6 is 11.6 Å². The van der Waals surface area contributed by atoms with Crippen molar-refractivity contribution in [2.75, 3.05) is 26.3 Å². The standard InChI is InChI=1S/C20H19ClF4N4O6/c21-14-2-1-13(7-15(14)22)34-9-17(31)26-5-3-12(30)8-27-18(32)10-35-16-4-6-28-29(19(16)33)11-20(23,24)25/h1-2,4,6-7H,3,5,8-11H2,(H,26,31)(H,27,32). The van der Waals surface area contributed by atoms with Crippen LogP contribution < -0.4 is 25.7 Å². The molecule has 0 spiro atoms. The number of Topliss-reactive ketones (excluding diaryl/α,β-unsaturated/α-hetero) is 1. The maximum absolute atomic E-state index is 13.3. The van der Waals surface area contributed by atoms with Gasteiger partial charge in [0.15, 0.2) is 24.7 Å². The molecule has 1 heterocycles. The summed E-state index contributed by atoms with van der Waals surface area (Å²) in [5.41, 5.74) is -1.17. The predicted molar refractivity (Wildman–Crippen MR) is 113 cm³/mol. The molecule has 15 heteroatoms. The van der Waals surface area contributed by atoms with Crippen LogP contribution in [-0.4, -0.2) is 59.9 Å². The molecule has 1 aromatic carbocycles. The summed E-state index contributed by atoms with van der Waals surface area (Å²) >= 11 is 5.54. The number of halogens is 5. The van der Waals surface area contributed by atoms with E-state index >= 15 is 0 Å². The van der Waals surface area contributed by atoms with Gasteiger partial charge < -0.3 is 20.1 Å². The van der Waals surface area contributed by atoms with Crippen LogP contribution in [0.1, 0.15) is 6.42 Å². The Morgan fingerprint density at radius 2 is 1.74 bits per heavy atom. The lowest BCUT2D eigenvalue weighted by Gasteiger charge is -2.10. The molecule has 35 heavy (non-hydrogen) atoms. The van der Waals surface area contributed by atoms with Crippen molar-refractivity contribution in [1.29, 1.82) is 0 Å². The smallest absolute Gasteiger partial charge is 0.408 e. The topological polar surface area (TPSA) is 129 Å². The summed E-state index contributed by atoms with van der Waals surface area (Å²) in [7, 11) is 0. The first-order valence-electron chi connectivity index (χ1n) is 9.83. The molecule has 0 saturated carbocycles. The van der Waals surface area contributed by atoms with Crippen LogP contribution in [0.15, 0.2) is 35.3 Å². The number of carbonyl (C=O) groups is 3. The molecule has 190 valence electrons. The van der Waals surface area contributed by atoms with Crippen molar-refractivity contribution < 1.29 is 41.4 Å². The number of aromatic nitrogens is 2. The SMILES string of the molecule is O=C(CCNC(=O)COc1ccc(Cl)c(F)c1)CNC(=O)COc1ccnn(CC(F)(F)F)c1=O. The molecular formula is C20H19ClF4N4O6. The summed E-state index contributed by atoms with van der Waals surface area (Å²) in [5, 5.41) is 7.81. The van der Waals surface area contributed by atoms with Gasteiger partial charge in [0.05, 0.1) is 17.8 Å². The highest BCUT2D eigenvalue weighted by Crippen LogP contribution is 2.20. The lowest BCUT2D eigenvalue weighted by atomic mass is 10.3. The monoisotopic (exact) mass is 522 g/mol. The molecule has 2 rings (SSSR count). The third-order valence-electron chi connectivity index (χ3n) is 4.03. The van der Waals surface area contributed by atoms with E-state index in [1.807, 2.05) is 0 Å². The Morgan fingerprint density at radius 1 is 1.06 bits per heavy atom. The number of hydrogen-bond donors (Lipinski definition) is 2. The van der Waals surface area contributed by atoms with Gasteiger partial charge in [0.2, 0.25) is 0 Å². The third kappa shape index (κ3) is 10.00. The molecule has 10 nitrogen and oxygen atoms in total. The number of alkyl halides is 3. The van der Waals surface area contributed by atoms with Gasteiger partial charge in [0, 0.05) is 25.1 Å². The lowest BCUT2D eigenvalue weighted by Crippen LogP contribution is -2.36. The number of nitrogens with zero attached hydrogens (tertiary/aromatic N) is 2. The molecule has 0 aliphatic rings. The van der Waals surface area contributed by atoms with E-state index in [0.29, 0.717) is 0 Å². The van der Waals surface area contributed by atoms with Crippen molar-refractivity contribution in [1.82, 2.24) is 20.4 Å². The van der Waals surface area contributed by atoms with Gasteiger partial charge in [-0.2, -0.15) is 18.3 Å². The minimum atomic E-state index is -4.67. The third-order valence-corrected chi connectivity index (χ3v) is 4.34. The van der Waals surface area contributed by atoms with Gasteiger partial charge in [-0.15, -0.1) is 0 Å². The maximum atomic E-state index is 13.3. The quantitative estimate of drug-likeness (QED) is 0.401. The minimum Gasteiger partial charge on any atom is -0.484 e. The van der Waals surface area contributed by atoms with E-state index in [1.54, 1.807) is 0 Å². The zero-order valence-corrected chi connectivity index (χ0v) is 18.6. The van der Waals surface area contributed by atoms with Gasteiger partial charge in [-0.05, 0) is 12.1 Å². The fraction of sp³-hybridized carbons (Fsp3) is 0.350. The van der Waals surface area contributed by atoms with Gasteiger partial charge in [-0.3, -0.25) is 19.2 Å². The Balaban J connectivity index is 1.65. The average Bonchev–Trinajstić information content (AvgIpc) is 2.78. The van der Waals surface area contributed by atoms with Crippen LogP contribution in [0.3, 0.4) is 0 Å². The molecule has 0 aliphatic heterocycles. The van der Waals surface area contributed by atoms with E-state index < -0.39 is 67.2 Å².